The number of pyridine rings is 1. The molecule has 0 radical (unpaired) electrons. The molecule has 0 unspecified atom stereocenters. The Labute approximate surface area is 109 Å². The van der Waals surface area contributed by atoms with Gasteiger partial charge in [-0.3, -0.25) is 9.78 Å². The molecule has 0 spiro atoms. The minimum atomic E-state index is 0.0675. The van der Waals surface area contributed by atoms with Crippen LogP contribution in [0.25, 0.3) is 10.9 Å². The average Bonchev–Trinajstić information content (AvgIpc) is 2.84. The van der Waals surface area contributed by atoms with Crippen molar-refractivity contribution >= 4 is 28.0 Å². The molecule has 1 aromatic carbocycles. The van der Waals surface area contributed by atoms with Crippen molar-refractivity contribution < 1.29 is 4.79 Å². The molecule has 3 rings (SSSR count). The van der Waals surface area contributed by atoms with Crippen LogP contribution in [0.4, 0.5) is 0 Å². The van der Waals surface area contributed by atoms with Crippen LogP contribution in [0.3, 0.4) is 0 Å². The zero-order valence-electron chi connectivity index (χ0n) is 9.88. The monoisotopic (exact) mass is 253 g/mol. The van der Waals surface area contributed by atoms with Gasteiger partial charge in [-0.25, -0.2) is 0 Å². The van der Waals surface area contributed by atoms with E-state index in [1.54, 1.807) is 17.5 Å². The highest BCUT2D eigenvalue weighted by Gasteiger charge is 2.13. The normalized spacial score (nSPS) is 10.7. The molecule has 88 valence electrons. The average molecular weight is 253 g/mol. The molecular weight excluding hydrogens is 242 g/mol. The number of carbonyl (C=O) groups is 1. The van der Waals surface area contributed by atoms with E-state index >= 15 is 0 Å². The van der Waals surface area contributed by atoms with Gasteiger partial charge in [0.25, 0.3) is 0 Å². The molecule has 0 amide bonds. The van der Waals surface area contributed by atoms with Gasteiger partial charge >= 0.3 is 0 Å². The van der Waals surface area contributed by atoms with E-state index < -0.39 is 0 Å². The SMILES string of the molecule is Cc1cc(C(=O)c2cccc3ncccc23)cs1. The Morgan fingerprint density at radius 1 is 1.22 bits per heavy atom. The van der Waals surface area contributed by atoms with Crippen LogP contribution in [0.5, 0.6) is 0 Å². The number of carbonyl (C=O) groups excluding carboxylic acids is 1. The molecule has 2 heterocycles. The van der Waals surface area contributed by atoms with Crippen LogP contribution in [0, 0.1) is 6.92 Å². The predicted molar refractivity (Wildman–Crippen MR) is 74.2 cm³/mol. The number of ketones is 1. The molecule has 2 aromatic heterocycles. The maximum atomic E-state index is 12.5. The topological polar surface area (TPSA) is 30.0 Å². The van der Waals surface area contributed by atoms with E-state index in [1.165, 1.54) is 0 Å². The number of fused-ring (bicyclic) bond motifs is 1. The Balaban J connectivity index is 2.17. The zero-order valence-corrected chi connectivity index (χ0v) is 10.7. The maximum absolute atomic E-state index is 12.5. The summed E-state index contributed by atoms with van der Waals surface area (Å²) in [5.74, 6) is 0.0675. The van der Waals surface area contributed by atoms with Crippen LogP contribution < -0.4 is 0 Å². The summed E-state index contributed by atoms with van der Waals surface area (Å²) < 4.78 is 0. The standard InChI is InChI=1S/C15H11NOS/c1-10-8-11(9-18-10)15(17)13-4-2-6-14-12(13)5-3-7-16-14/h2-9H,1H3. The van der Waals surface area contributed by atoms with Crippen molar-refractivity contribution in [2.24, 2.45) is 0 Å². The first-order valence-electron chi connectivity index (χ1n) is 5.69. The Kier molecular flexibility index (Phi) is 2.68. The van der Waals surface area contributed by atoms with Gasteiger partial charge < -0.3 is 0 Å². The van der Waals surface area contributed by atoms with Crippen molar-refractivity contribution in [3.63, 3.8) is 0 Å². The van der Waals surface area contributed by atoms with Gasteiger partial charge in [0, 0.05) is 33.0 Å². The first kappa shape index (κ1) is 11.1. The first-order chi connectivity index (χ1) is 8.75. The van der Waals surface area contributed by atoms with Gasteiger partial charge in [0.2, 0.25) is 0 Å². The lowest BCUT2D eigenvalue weighted by Crippen LogP contribution is -2.00. The molecule has 0 aliphatic carbocycles. The van der Waals surface area contributed by atoms with Crippen LogP contribution in [-0.4, -0.2) is 10.8 Å². The molecular formula is C15H11NOS. The summed E-state index contributed by atoms with van der Waals surface area (Å²) in [6.07, 6.45) is 1.74. The molecule has 3 heteroatoms. The summed E-state index contributed by atoms with van der Waals surface area (Å²) in [4.78, 5) is 17.9. The number of aryl methyl sites for hydroxylation is 1. The summed E-state index contributed by atoms with van der Waals surface area (Å²) in [5.41, 5.74) is 2.34. The van der Waals surface area contributed by atoms with Gasteiger partial charge in [0.1, 0.15) is 0 Å². The Hall–Kier alpha value is -2.00. The number of nitrogens with zero attached hydrogens (tertiary/aromatic N) is 1. The second-order valence-corrected chi connectivity index (χ2v) is 5.27. The van der Waals surface area contributed by atoms with E-state index in [-0.39, 0.29) is 5.78 Å². The summed E-state index contributed by atoms with van der Waals surface area (Å²) in [7, 11) is 0. The highest BCUT2D eigenvalue weighted by Crippen LogP contribution is 2.22. The Morgan fingerprint density at radius 2 is 2.11 bits per heavy atom. The summed E-state index contributed by atoms with van der Waals surface area (Å²) >= 11 is 1.60. The zero-order chi connectivity index (χ0) is 12.5. The minimum absolute atomic E-state index is 0.0675. The Morgan fingerprint density at radius 3 is 2.89 bits per heavy atom. The van der Waals surface area contributed by atoms with E-state index in [4.69, 9.17) is 0 Å². The second-order valence-electron chi connectivity index (χ2n) is 4.15. The second kappa shape index (κ2) is 4.35. The van der Waals surface area contributed by atoms with E-state index in [9.17, 15) is 4.79 Å². The number of hydrogen-bond acceptors (Lipinski definition) is 3. The van der Waals surface area contributed by atoms with Crippen molar-refractivity contribution in [3.05, 3.63) is 64.0 Å². The maximum Gasteiger partial charge on any atom is 0.194 e. The van der Waals surface area contributed by atoms with Crippen LogP contribution in [0.1, 0.15) is 20.8 Å². The summed E-state index contributed by atoms with van der Waals surface area (Å²) in [5, 5.41) is 2.82. The van der Waals surface area contributed by atoms with Crippen molar-refractivity contribution in [1.29, 1.82) is 0 Å². The van der Waals surface area contributed by atoms with Crippen LogP contribution in [0.15, 0.2) is 48.0 Å². The van der Waals surface area contributed by atoms with Gasteiger partial charge in [-0.2, -0.15) is 0 Å². The van der Waals surface area contributed by atoms with Crippen molar-refractivity contribution in [3.8, 4) is 0 Å². The highest BCUT2D eigenvalue weighted by atomic mass is 32.1. The lowest BCUT2D eigenvalue weighted by molar-refractivity contribution is 0.104. The number of rotatable bonds is 2. The first-order valence-corrected chi connectivity index (χ1v) is 6.57. The number of hydrogen-bond donors (Lipinski definition) is 0. The molecule has 0 saturated heterocycles. The quantitative estimate of drug-likeness (QED) is 0.649. The molecule has 3 aromatic rings. The van der Waals surface area contributed by atoms with Crippen LogP contribution in [-0.2, 0) is 0 Å². The third kappa shape index (κ3) is 1.83. The number of benzene rings is 1. The van der Waals surface area contributed by atoms with Crippen LogP contribution >= 0.6 is 11.3 Å². The fourth-order valence-electron chi connectivity index (χ4n) is 2.02. The van der Waals surface area contributed by atoms with Gasteiger partial charge in [-0.05, 0) is 25.1 Å². The van der Waals surface area contributed by atoms with Crippen molar-refractivity contribution in [1.82, 2.24) is 4.98 Å². The van der Waals surface area contributed by atoms with E-state index in [0.29, 0.717) is 0 Å². The molecule has 0 aliphatic heterocycles. The fraction of sp³-hybridized carbons (Fsp3) is 0.0667. The van der Waals surface area contributed by atoms with Crippen molar-refractivity contribution in [2.75, 3.05) is 0 Å². The van der Waals surface area contributed by atoms with Crippen LogP contribution in [0.2, 0.25) is 0 Å². The molecule has 0 N–H and O–H groups in total. The molecule has 0 atom stereocenters. The fourth-order valence-corrected chi connectivity index (χ4v) is 2.70. The minimum Gasteiger partial charge on any atom is -0.289 e. The van der Waals surface area contributed by atoms with E-state index in [2.05, 4.69) is 4.98 Å². The van der Waals surface area contributed by atoms with Gasteiger partial charge in [-0.1, -0.05) is 18.2 Å². The Bertz CT molecular complexity index is 725. The van der Waals surface area contributed by atoms with E-state index in [1.807, 2.05) is 48.7 Å². The third-order valence-corrected chi connectivity index (χ3v) is 3.74. The van der Waals surface area contributed by atoms with Crippen molar-refractivity contribution in [2.45, 2.75) is 6.92 Å². The van der Waals surface area contributed by atoms with Gasteiger partial charge in [0.15, 0.2) is 5.78 Å². The smallest absolute Gasteiger partial charge is 0.194 e. The largest absolute Gasteiger partial charge is 0.289 e. The molecule has 0 bridgehead atoms. The highest BCUT2D eigenvalue weighted by molar-refractivity contribution is 7.10. The predicted octanol–water partition coefficient (Wildman–Crippen LogP) is 3.84. The summed E-state index contributed by atoms with van der Waals surface area (Å²) in [6, 6.07) is 11.4. The van der Waals surface area contributed by atoms with E-state index in [0.717, 1.165) is 26.9 Å². The molecule has 18 heavy (non-hydrogen) atoms. The third-order valence-electron chi connectivity index (χ3n) is 2.88. The number of aromatic nitrogens is 1. The molecule has 0 fully saturated rings. The molecule has 0 aliphatic rings. The van der Waals surface area contributed by atoms with Gasteiger partial charge in [0.05, 0.1) is 5.52 Å². The molecule has 0 saturated carbocycles. The summed E-state index contributed by atoms with van der Waals surface area (Å²) in [6.45, 7) is 2.01. The van der Waals surface area contributed by atoms with Gasteiger partial charge in [-0.15, -0.1) is 11.3 Å². The lowest BCUT2D eigenvalue weighted by atomic mass is 10.0. The number of thiophene rings is 1. The lowest BCUT2D eigenvalue weighted by Gasteiger charge is -2.03. The molecule has 2 nitrogen and oxygen atoms in total.